The van der Waals surface area contributed by atoms with Crippen molar-refractivity contribution in [2.24, 2.45) is 18.9 Å². The van der Waals surface area contributed by atoms with Gasteiger partial charge in [0.25, 0.3) is 5.91 Å². The first-order valence-electron chi connectivity index (χ1n) is 7.70. The molecular formula is C17H20N4O2. The van der Waals surface area contributed by atoms with Gasteiger partial charge in [0.1, 0.15) is 0 Å². The number of amides is 2. The zero-order valence-electron chi connectivity index (χ0n) is 13.2. The third-order valence-electron chi connectivity index (χ3n) is 4.19. The number of anilines is 1. The molecule has 2 aromatic rings. The summed E-state index contributed by atoms with van der Waals surface area (Å²) in [6.07, 6.45) is 2.63. The fraction of sp³-hybridized carbons (Fsp3) is 0.353. The van der Waals surface area contributed by atoms with E-state index in [-0.39, 0.29) is 17.7 Å². The maximum Gasteiger partial charge on any atom is 0.251 e. The van der Waals surface area contributed by atoms with Crippen molar-refractivity contribution in [2.75, 3.05) is 5.32 Å². The molecule has 0 radical (unpaired) electrons. The van der Waals surface area contributed by atoms with Gasteiger partial charge in [-0.2, -0.15) is 5.10 Å². The number of hydrogen-bond donors (Lipinski definition) is 2. The molecule has 1 heterocycles. The van der Waals surface area contributed by atoms with Crippen LogP contribution in [-0.2, 0) is 18.4 Å². The number of rotatable bonds is 5. The molecule has 0 unspecified atom stereocenters. The van der Waals surface area contributed by atoms with Gasteiger partial charge >= 0.3 is 0 Å². The first kappa shape index (κ1) is 15.3. The average molecular weight is 312 g/mol. The van der Waals surface area contributed by atoms with Crippen LogP contribution < -0.4 is 10.6 Å². The van der Waals surface area contributed by atoms with Gasteiger partial charge in [-0.05, 0) is 36.6 Å². The van der Waals surface area contributed by atoms with E-state index in [1.165, 1.54) is 0 Å². The van der Waals surface area contributed by atoms with Crippen LogP contribution in [0.2, 0.25) is 0 Å². The summed E-state index contributed by atoms with van der Waals surface area (Å²) in [7, 11) is 1.83. The number of nitrogens with zero attached hydrogens (tertiary/aromatic N) is 2. The molecule has 1 aromatic heterocycles. The molecule has 0 spiro atoms. The van der Waals surface area contributed by atoms with E-state index < -0.39 is 0 Å². The van der Waals surface area contributed by atoms with Gasteiger partial charge in [-0.25, -0.2) is 0 Å². The van der Waals surface area contributed by atoms with Gasteiger partial charge < -0.3 is 10.6 Å². The number of nitrogens with one attached hydrogen (secondary N) is 2. The molecule has 0 bridgehead atoms. The molecule has 120 valence electrons. The Bertz CT molecular complexity index is 738. The van der Waals surface area contributed by atoms with E-state index in [4.69, 9.17) is 0 Å². The Morgan fingerprint density at radius 1 is 1.35 bits per heavy atom. The van der Waals surface area contributed by atoms with Crippen LogP contribution in [0.3, 0.4) is 0 Å². The van der Waals surface area contributed by atoms with Crippen LogP contribution in [0.25, 0.3) is 0 Å². The Balaban J connectivity index is 1.61. The second kappa shape index (κ2) is 6.24. The van der Waals surface area contributed by atoms with Gasteiger partial charge in [-0.3, -0.25) is 14.3 Å². The number of carbonyl (C=O) groups is 2. The van der Waals surface area contributed by atoms with Gasteiger partial charge in [-0.1, -0.05) is 13.0 Å². The molecule has 2 amide bonds. The summed E-state index contributed by atoms with van der Waals surface area (Å²) in [5.41, 5.74) is 2.10. The van der Waals surface area contributed by atoms with Crippen molar-refractivity contribution in [1.29, 1.82) is 0 Å². The SMILES string of the molecule is C[C@@H]1C[C@@H]1C(=O)Nc1cccc(C(=O)NCc2ccnn2C)c1. The number of carbonyl (C=O) groups excluding carboxylic acids is 2. The highest BCUT2D eigenvalue weighted by molar-refractivity contribution is 5.98. The molecule has 2 atom stereocenters. The van der Waals surface area contributed by atoms with Crippen LogP contribution in [0.15, 0.2) is 36.5 Å². The third kappa shape index (κ3) is 3.59. The minimum absolute atomic E-state index is 0.0324. The normalized spacial score (nSPS) is 19.2. The lowest BCUT2D eigenvalue weighted by Crippen LogP contribution is -2.24. The molecule has 1 saturated carbocycles. The Kier molecular flexibility index (Phi) is 4.14. The molecule has 1 aliphatic rings. The molecule has 2 N–H and O–H groups in total. The summed E-state index contributed by atoms with van der Waals surface area (Å²) in [4.78, 5) is 24.2. The highest BCUT2D eigenvalue weighted by Gasteiger charge is 2.39. The van der Waals surface area contributed by atoms with Gasteiger partial charge in [0.15, 0.2) is 0 Å². The second-order valence-electron chi connectivity index (χ2n) is 6.02. The standard InChI is InChI=1S/C17H20N4O2/c1-11-8-15(11)17(23)20-13-5-3-4-12(9-13)16(22)18-10-14-6-7-19-21(14)2/h3-7,9,11,15H,8,10H2,1-2H3,(H,18,22)(H,20,23)/t11-,15+/m1/s1. The molecule has 1 fully saturated rings. The highest BCUT2D eigenvalue weighted by Crippen LogP contribution is 2.38. The first-order chi connectivity index (χ1) is 11.0. The third-order valence-corrected chi connectivity index (χ3v) is 4.19. The molecule has 23 heavy (non-hydrogen) atoms. The number of aromatic nitrogens is 2. The highest BCUT2D eigenvalue weighted by atomic mass is 16.2. The van der Waals surface area contributed by atoms with Gasteiger partial charge in [0, 0.05) is 30.4 Å². The van der Waals surface area contributed by atoms with E-state index >= 15 is 0 Å². The Hall–Kier alpha value is -2.63. The minimum atomic E-state index is -0.179. The summed E-state index contributed by atoms with van der Waals surface area (Å²) in [6, 6.07) is 8.85. The van der Waals surface area contributed by atoms with Crippen LogP contribution in [0, 0.1) is 11.8 Å². The van der Waals surface area contributed by atoms with E-state index in [0.717, 1.165) is 12.1 Å². The fourth-order valence-corrected chi connectivity index (χ4v) is 2.51. The molecule has 1 aromatic carbocycles. The van der Waals surface area contributed by atoms with Crippen molar-refractivity contribution >= 4 is 17.5 Å². The van der Waals surface area contributed by atoms with E-state index in [1.54, 1.807) is 35.1 Å². The number of aryl methyl sites for hydroxylation is 1. The van der Waals surface area contributed by atoms with Crippen molar-refractivity contribution in [3.05, 3.63) is 47.8 Å². The van der Waals surface area contributed by atoms with Crippen molar-refractivity contribution in [3.8, 4) is 0 Å². The predicted molar refractivity (Wildman–Crippen MR) is 86.7 cm³/mol. The van der Waals surface area contributed by atoms with Crippen molar-refractivity contribution in [3.63, 3.8) is 0 Å². The van der Waals surface area contributed by atoms with Crippen LogP contribution in [0.5, 0.6) is 0 Å². The lowest BCUT2D eigenvalue weighted by molar-refractivity contribution is -0.117. The van der Waals surface area contributed by atoms with E-state index in [9.17, 15) is 9.59 Å². The van der Waals surface area contributed by atoms with E-state index in [2.05, 4.69) is 22.7 Å². The van der Waals surface area contributed by atoms with Gasteiger partial charge in [0.05, 0.1) is 12.2 Å². The topological polar surface area (TPSA) is 76.0 Å². The second-order valence-corrected chi connectivity index (χ2v) is 6.02. The molecule has 6 heteroatoms. The molecule has 3 rings (SSSR count). The number of hydrogen-bond acceptors (Lipinski definition) is 3. The van der Waals surface area contributed by atoms with Crippen molar-refractivity contribution in [1.82, 2.24) is 15.1 Å². The summed E-state index contributed by atoms with van der Waals surface area (Å²) < 4.78 is 1.72. The number of benzene rings is 1. The predicted octanol–water partition coefficient (Wildman–Crippen LogP) is 1.94. The minimum Gasteiger partial charge on any atom is -0.346 e. The van der Waals surface area contributed by atoms with Crippen molar-refractivity contribution in [2.45, 2.75) is 19.9 Å². The Labute approximate surface area is 134 Å². The van der Waals surface area contributed by atoms with Crippen LogP contribution in [0.1, 0.15) is 29.4 Å². The van der Waals surface area contributed by atoms with Crippen molar-refractivity contribution < 1.29 is 9.59 Å². The van der Waals surface area contributed by atoms with E-state index in [0.29, 0.717) is 23.7 Å². The molecule has 6 nitrogen and oxygen atoms in total. The largest absolute Gasteiger partial charge is 0.346 e. The molecule has 1 aliphatic carbocycles. The summed E-state index contributed by atoms with van der Waals surface area (Å²) in [5.74, 6) is 0.421. The van der Waals surface area contributed by atoms with Crippen LogP contribution in [-0.4, -0.2) is 21.6 Å². The zero-order chi connectivity index (χ0) is 16.4. The summed E-state index contributed by atoms with van der Waals surface area (Å²) >= 11 is 0. The molecule has 0 saturated heterocycles. The van der Waals surface area contributed by atoms with Gasteiger partial charge in [0.2, 0.25) is 5.91 Å². The Morgan fingerprint density at radius 2 is 2.13 bits per heavy atom. The van der Waals surface area contributed by atoms with Gasteiger partial charge in [-0.15, -0.1) is 0 Å². The Morgan fingerprint density at radius 3 is 2.78 bits per heavy atom. The fourth-order valence-electron chi connectivity index (χ4n) is 2.51. The zero-order valence-corrected chi connectivity index (χ0v) is 13.2. The van der Waals surface area contributed by atoms with Crippen LogP contribution >= 0.6 is 0 Å². The summed E-state index contributed by atoms with van der Waals surface area (Å²) in [6.45, 7) is 2.47. The molecule has 0 aliphatic heterocycles. The monoisotopic (exact) mass is 312 g/mol. The van der Waals surface area contributed by atoms with Crippen LogP contribution in [0.4, 0.5) is 5.69 Å². The average Bonchev–Trinajstić information content (AvgIpc) is 3.13. The smallest absolute Gasteiger partial charge is 0.251 e. The lowest BCUT2D eigenvalue weighted by atomic mass is 10.2. The molecular weight excluding hydrogens is 292 g/mol. The maximum absolute atomic E-state index is 12.2. The quantitative estimate of drug-likeness (QED) is 0.886. The van der Waals surface area contributed by atoms with E-state index in [1.807, 2.05) is 13.1 Å². The summed E-state index contributed by atoms with van der Waals surface area (Å²) in [5, 5.41) is 9.79. The first-order valence-corrected chi connectivity index (χ1v) is 7.70. The maximum atomic E-state index is 12.2. The lowest BCUT2D eigenvalue weighted by Gasteiger charge is -2.08.